The molecule has 3 heteroatoms. The standard InChI is InChI=1S/C12H15FO2/c1-8-7-9(5-6-10(8)13)15-12-4-2-3-11(12)14/h5-7,11-12,14H,2-4H2,1H3/t11-,12-/m1/s1. The summed E-state index contributed by atoms with van der Waals surface area (Å²) in [6.45, 7) is 1.70. The zero-order valence-electron chi connectivity index (χ0n) is 8.74. The minimum absolute atomic E-state index is 0.130. The van der Waals surface area contributed by atoms with Crippen molar-refractivity contribution in [3.63, 3.8) is 0 Å². The van der Waals surface area contributed by atoms with Gasteiger partial charge in [0.1, 0.15) is 17.7 Å². The molecule has 1 aromatic carbocycles. The number of ether oxygens (including phenoxy) is 1. The minimum atomic E-state index is -0.379. The van der Waals surface area contributed by atoms with Crippen molar-refractivity contribution in [3.8, 4) is 5.75 Å². The van der Waals surface area contributed by atoms with Crippen LogP contribution in [0.5, 0.6) is 5.75 Å². The van der Waals surface area contributed by atoms with Gasteiger partial charge < -0.3 is 9.84 Å². The second kappa shape index (κ2) is 4.19. The molecule has 15 heavy (non-hydrogen) atoms. The third-order valence-electron chi connectivity index (χ3n) is 2.83. The Bertz CT molecular complexity index is 351. The van der Waals surface area contributed by atoms with Crippen LogP contribution in [0, 0.1) is 12.7 Å². The van der Waals surface area contributed by atoms with Crippen LogP contribution in [0.25, 0.3) is 0 Å². The van der Waals surface area contributed by atoms with Gasteiger partial charge in [-0.3, -0.25) is 0 Å². The van der Waals surface area contributed by atoms with Gasteiger partial charge >= 0.3 is 0 Å². The average Bonchev–Trinajstić information content (AvgIpc) is 2.59. The molecule has 0 spiro atoms. The summed E-state index contributed by atoms with van der Waals surface area (Å²) < 4.78 is 18.6. The Hall–Kier alpha value is -1.09. The second-order valence-corrected chi connectivity index (χ2v) is 4.07. The van der Waals surface area contributed by atoms with E-state index in [2.05, 4.69) is 0 Å². The molecule has 0 amide bonds. The molecule has 82 valence electrons. The Morgan fingerprint density at radius 1 is 1.40 bits per heavy atom. The van der Waals surface area contributed by atoms with E-state index in [1.54, 1.807) is 19.1 Å². The lowest BCUT2D eigenvalue weighted by atomic mass is 10.2. The number of rotatable bonds is 2. The fourth-order valence-electron chi connectivity index (χ4n) is 1.91. The maximum atomic E-state index is 13.0. The summed E-state index contributed by atoms with van der Waals surface area (Å²) in [6, 6.07) is 4.67. The number of aliphatic hydroxyl groups excluding tert-OH is 1. The molecule has 0 bridgehead atoms. The third kappa shape index (κ3) is 2.29. The van der Waals surface area contributed by atoms with Crippen molar-refractivity contribution in [2.45, 2.75) is 38.4 Å². The maximum Gasteiger partial charge on any atom is 0.126 e. The summed E-state index contributed by atoms with van der Waals surface area (Å²) in [5, 5.41) is 9.58. The molecule has 0 radical (unpaired) electrons. The highest BCUT2D eigenvalue weighted by atomic mass is 19.1. The van der Waals surface area contributed by atoms with Gasteiger partial charge in [-0.1, -0.05) is 0 Å². The molecule has 0 aliphatic heterocycles. The fraction of sp³-hybridized carbons (Fsp3) is 0.500. The SMILES string of the molecule is Cc1cc(O[C@@H]2CCC[C@H]2O)ccc1F. The molecule has 0 heterocycles. The molecule has 1 aliphatic rings. The van der Waals surface area contributed by atoms with Crippen molar-refractivity contribution in [2.24, 2.45) is 0 Å². The van der Waals surface area contributed by atoms with Gasteiger partial charge in [-0.05, 0) is 49.9 Å². The summed E-state index contributed by atoms with van der Waals surface area (Å²) in [5.74, 6) is 0.411. The van der Waals surface area contributed by atoms with Crippen LogP contribution in [-0.4, -0.2) is 17.3 Å². The Labute approximate surface area is 88.7 Å². The lowest BCUT2D eigenvalue weighted by molar-refractivity contribution is 0.0603. The summed E-state index contributed by atoms with van der Waals surface area (Å²) in [5.41, 5.74) is 0.569. The average molecular weight is 210 g/mol. The van der Waals surface area contributed by atoms with Gasteiger partial charge in [0.2, 0.25) is 0 Å². The topological polar surface area (TPSA) is 29.5 Å². The molecule has 1 aliphatic carbocycles. The molecule has 1 aromatic rings. The van der Waals surface area contributed by atoms with Crippen molar-refractivity contribution in [1.29, 1.82) is 0 Å². The minimum Gasteiger partial charge on any atom is -0.488 e. The molecule has 0 saturated heterocycles. The second-order valence-electron chi connectivity index (χ2n) is 4.07. The molecule has 1 saturated carbocycles. The lowest BCUT2D eigenvalue weighted by Crippen LogP contribution is -2.25. The highest BCUT2D eigenvalue weighted by Crippen LogP contribution is 2.25. The van der Waals surface area contributed by atoms with E-state index in [1.165, 1.54) is 6.07 Å². The van der Waals surface area contributed by atoms with Crippen molar-refractivity contribution in [3.05, 3.63) is 29.6 Å². The van der Waals surface area contributed by atoms with Gasteiger partial charge in [-0.2, -0.15) is 0 Å². The smallest absolute Gasteiger partial charge is 0.126 e. The molecular formula is C12H15FO2. The first-order valence-corrected chi connectivity index (χ1v) is 5.27. The van der Waals surface area contributed by atoms with E-state index in [0.29, 0.717) is 11.3 Å². The third-order valence-corrected chi connectivity index (χ3v) is 2.83. The van der Waals surface area contributed by atoms with Gasteiger partial charge in [0.05, 0.1) is 6.10 Å². The first-order valence-electron chi connectivity index (χ1n) is 5.27. The van der Waals surface area contributed by atoms with E-state index in [0.717, 1.165) is 19.3 Å². The van der Waals surface area contributed by atoms with Gasteiger partial charge in [0, 0.05) is 0 Å². The lowest BCUT2D eigenvalue weighted by Gasteiger charge is -2.17. The van der Waals surface area contributed by atoms with E-state index >= 15 is 0 Å². The van der Waals surface area contributed by atoms with Crippen molar-refractivity contribution in [1.82, 2.24) is 0 Å². The number of hydrogen-bond donors (Lipinski definition) is 1. The van der Waals surface area contributed by atoms with Crippen molar-refractivity contribution >= 4 is 0 Å². The fourth-order valence-corrected chi connectivity index (χ4v) is 1.91. The van der Waals surface area contributed by atoms with Crippen LogP contribution in [0.4, 0.5) is 4.39 Å². The van der Waals surface area contributed by atoms with Crippen molar-refractivity contribution < 1.29 is 14.2 Å². The van der Waals surface area contributed by atoms with Crippen molar-refractivity contribution in [2.75, 3.05) is 0 Å². The van der Waals surface area contributed by atoms with Gasteiger partial charge in [-0.15, -0.1) is 0 Å². The molecular weight excluding hydrogens is 195 g/mol. The van der Waals surface area contributed by atoms with Crippen LogP contribution in [0.15, 0.2) is 18.2 Å². The summed E-state index contributed by atoms with van der Waals surface area (Å²) in [4.78, 5) is 0. The predicted octanol–water partition coefficient (Wildman–Crippen LogP) is 2.43. The van der Waals surface area contributed by atoms with Crippen LogP contribution < -0.4 is 4.74 Å². The molecule has 0 unspecified atom stereocenters. The molecule has 2 nitrogen and oxygen atoms in total. The largest absolute Gasteiger partial charge is 0.488 e. The number of aliphatic hydroxyl groups is 1. The van der Waals surface area contributed by atoms with Crippen LogP contribution in [0.2, 0.25) is 0 Å². The molecule has 0 aromatic heterocycles. The first kappa shape index (κ1) is 10.4. The number of halogens is 1. The highest BCUT2D eigenvalue weighted by Gasteiger charge is 2.26. The van der Waals surface area contributed by atoms with Gasteiger partial charge in [0.25, 0.3) is 0 Å². The molecule has 2 atom stereocenters. The summed E-state index contributed by atoms with van der Waals surface area (Å²) in [7, 11) is 0. The van der Waals surface area contributed by atoms with Crippen LogP contribution in [0.1, 0.15) is 24.8 Å². The van der Waals surface area contributed by atoms with E-state index < -0.39 is 0 Å². The normalized spacial score (nSPS) is 25.5. The summed E-state index contributed by atoms with van der Waals surface area (Å²) in [6.07, 6.45) is 2.15. The number of benzene rings is 1. The van der Waals surface area contributed by atoms with E-state index in [1.807, 2.05) is 0 Å². The number of hydrogen-bond acceptors (Lipinski definition) is 2. The zero-order valence-corrected chi connectivity index (χ0v) is 8.74. The van der Waals surface area contributed by atoms with Gasteiger partial charge in [-0.25, -0.2) is 4.39 Å². The molecule has 1 N–H and O–H groups in total. The van der Waals surface area contributed by atoms with E-state index in [4.69, 9.17) is 4.74 Å². The quantitative estimate of drug-likeness (QED) is 0.812. The van der Waals surface area contributed by atoms with Crippen LogP contribution in [-0.2, 0) is 0 Å². The highest BCUT2D eigenvalue weighted by molar-refractivity contribution is 5.29. The Morgan fingerprint density at radius 3 is 2.80 bits per heavy atom. The molecule has 1 fully saturated rings. The number of aryl methyl sites for hydroxylation is 1. The Kier molecular flexibility index (Phi) is 2.91. The van der Waals surface area contributed by atoms with Gasteiger partial charge in [0.15, 0.2) is 0 Å². The maximum absolute atomic E-state index is 13.0. The first-order chi connectivity index (χ1) is 7.16. The Balaban J connectivity index is 2.07. The van der Waals surface area contributed by atoms with E-state index in [9.17, 15) is 9.50 Å². The summed E-state index contributed by atoms with van der Waals surface area (Å²) >= 11 is 0. The zero-order chi connectivity index (χ0) is 10.8. The predicted molar refractivity (Wildman–Crippen MR) is 55.4 cm³/mol. The van der Waals surface area contributed by atoms with Crippen LogP contribution >= 0.6 is 0 Å². The Morgan fingerprint density at radius 2 is 2.20 bits per heavy atom. The monoisotopic (exact) mass is 210 g/mol. The van der Waals surface area contributed by atoms with Crippen LogP contribution in [0.3, 0.4) is 0 Å². The van der Waals surface area contributed by atoms with E-state index in [-0.39, 0.29) is 18.0 Å². The molecule has 2 rings (SSSR count).